The van der Waals surface area contributed by atoms with Gasteiger partial charge in [0, 0.05) is 5.39 Å². The Morgan fingerprint density at radius 2 is 1.76 bits per heavy atom. The van der Waals surface area contributed by atoms with Gasteiger partial charge in [-0.1, -0.05) is 36.4 Å². The van der Waals surface area contributed by atoms with E-state index in [4.69, 9.17) is 9.57 Å². The molecule has 8 heteroatoms. The van der Waals surface area contributed by atoms with Crippen molar-refractivity contribution in [2.45, 2.75) is 18.9 Å². The van der Waals surface area contributed by atoms with Crippen molar-refractivity contribution in [3.05, 3.63) is 65.9 Å². The molecule has 2 aromatic carbocycles. The number of carbonyl (C=O) groups excluding carboxylic acids is 2. The molecule has 0 spiro atoms. The molecule has 1 aromatic heterocycles. The lowest BCUT2D eigenvalue weighted by atomic mass is 10.0. The molecule has 4 rings (SSSR count). The molecular formula is C21H18N2O6. The van der Waals surface area contributed by atoms with Gasteiger partial charge in [-0.05, 0) is 23.8 Å². The Morgan fingerprint density at radius 1 is 1.07 bits per heavy atom. The Labute approximate surface area is 165 Å². The number of hydrogen-bond donors (Lipinski definition) is 1. The number of aromatic nitrogens is 1. The Kier molecular flexibility index (Phi) is 4.77. The molecule has 1 aliphatic rings. The lowest BCUT2D eigenvalue weighted by Gasteiger charge is -2.21. The molecule has 3 aromatic rings. The van der Waals surface area contributed by atoms with Gasteiger partial charge in [0.15, 0.2) is 0 Å². The average Bonchev–Trinajstić information content (AvgIpc) is 3.16. The van der Waals surface area contributed by atoms with E-state index in [9.17, 15) is 19.5 Å². The van der Waals surface area contributed by atoms with Crippen LogP contribution in [-0.2, 0) is 20.8 Å². The largest absolute Gasteiger partial charge is 0.481 e. The number of para-hydroxylation sites is 2. The van der Waals surface area contributed by atoms with Crippen LogP contribution >= 0.6 is 0 Å². The summed E-state index contributed by atoms with van der Waals surface area (Å²) in [4.78, 5) is 42.2. The van der Waals surface area contributed by atoms with E-state index in [1.807, 2.05) is 0 Å². The summed E-state index contributed by atoms with van der Waals surface area (Å²) in [5, 5.41) is 11.1. The molecule has 0 fully saturated rings. The average molecular weight is 394 g/mol. The fourth-order valence-corrected chi connectivity index (χ4v) is 3.77. The van der Waals surface area contributed by atoms with Crippen molar-refractivity contribution in [3.63, 3.8) is 0 Å². The maximum Gasteiger partial charge on any atom is 0.353 e. The Balaban J connectivity index is 1.76. The highest BCUT2D eigenvalue weighted by molar-refractivity contribution is 5.99. The maximum atomic E-state index is 13.0. The standard InChI is InChI=1S/C21H18N2O6/c1-28-23-17(12-19(26)29-13-7-3-2-4-8-13)20-15(11-18(24)25)14-9-5-6-10-16(14)22(20)21(23)27/h2-10,17H,11-12H2,1H3,(H,24,25). The summed E-state index contributed by atoms with van der Waals surface area (Å²) in [6.07, 6.45) is -0.463. The van der Waals surface area contributed by atoms with Crippen LogP contribution in [0.2, 0.25) is 0 Å². The van der Waals surface area contributed by atoms with Gasteiger partial charge in [-0.15, -0.1) is 0 Å². The molecular weight excluding hydrogens is 376 g/mol. The maximum absolute atomic E-state index is 13.0. The van der Waals surface area contributed by atoms with Gasteiger partial charge < -0.3 is 9.84 Å². The molecule has 8 nitrogen and oxygen atoms in total. The van der Waals surface area contributed by atoms with E-state index in [1.165, 1.54) is 11.7 Å². The van der Waals surface area contributed by atoms with Crippen molar-refractivity contribution in [2.75, 3.05) is 7.11 Å². The van der Waals surface area contributed by atoms with E-state index in [-0.39, 0.29) is 12.8 Å². The highest BCUT2D eigenvalue weighted by Gasteiger charge is 2.43. The Bertz CT molecular complexity index is 1110. The molecule has 29 heavy (non-hydrogen) atoms. The van der Waals surface area contributed by atoms with Crippen LogP contribution in [0.25, 0.3) is 10.9 Å². The van der Waals surface area contributed by atoms with Crippen LogP contribution in [0, 0.1) is 0 Å². The number of esters is 1. The molecule has 0 saturated heterocycles. The van der Waals surface area contributed by atoms with E-state index >= 15 is 0 Å². The molecule has 0 saturated carbocycles. The summed E-state index contributed by atoms with van der Waals surface area (Å²) in [5.41, 5.74) is 1.49. The second-order valence-corrected chi connectivity index (χ2v) is 6.58. The van der Waals surface area contributed by atoms with Crippen LogP contribution < -0.4 is 4.74 Å². The van der Waals surface area contributed by atoms with Crippen molar-refractivity contribution in [2.24, 2.45) is 0 Å². The third-order valence-corrected chi connectivity index (χ3v) is 4.86. The third-order valence-electron chi connectivity index (χ3n) is 4.86. The first kappa shape index (κ1) is 18.7. The highest BCUT2D eigenvalue weighted by Crippen LogP contribution is 2.41. The topological polar surface area (TPSA) is 98.1 Å². The number of aliphatic carboxylic acids is 1. The van der Waals surface area contributed by atoms with Crippen molar-refractivity contribution >= 4 is 28.9 Å². The minimum atomic E-state index is -1.03. The lowest BCUT2D eigenvalue weighted by Crippen LogP contribution is -2.30. The first-order valence-corrected chi connectivity index (χ1v) is 8.98. The quantitative estimate of drug-likeness (QED) is 0.509. The number of nitrogens with zero attached hydrogens (tertiary/aromatic N) is 2. The molecule has 148 valence electrons. The molecule has 0 radical (unpaired) electrons. The molecule has 2 heterocycles. The molecule has 0 aliphatic carbocycles. The number of hydroxylamine groups is 2. The lowest BCUT2D eigenvalue weighted by molar-refractivity contribution is -0.143. The first-order chi connectivity index (χ1) is 14.0. The fraction of sp³-hybridized carbons (Fsp3) is 0.190. The zero-order chi connectivity index (χ0) is 20.5. The van der Waals surface area contributed by atoms with Gasteiger partial charge in [-0.3, -0.25) is 19.0 Å². The second kappa shape index (κ2) is 7.40. The van der Waals surface area contributed by atoms with Gasteiger partial charge in [0.1, 0.15) is 11.8 Å². The summed E-state index contributed by atoms with van der Waals surface area (Å²) in [7, 11) is 1.33. The number of carboxylic acids is 1. The second-order valence-electron chi connectivity index (χ2n) is 6.58. The van der Waals surface area contributed by atoms with E-state index in [2.05, 4.69) is 0 Å². The van der Waals surface area contributed by atoms with Gasteiger partial charge in [0.05, 0.1) is 31.2 Å². The number of ether oxygens (including phenoxy) is 1. The van der Waals surface area contributed by atoms with Crippen molar-refractivity contribution in [1.29, 1.82) is 0 Å². The van der Waals surface area contributed by atoms with Crippen molar-refractivity contribution < 1.29 is 29.1 Å². The minimum absolute atomic E-state index is 0.183. The summed E-state index contributed by atoms with van der Waals surface area (Å²) in [6, 6.07) is 14.4. The number of amides is 1. The summed E-state index contributed by atoms with van der Waals surface area (Å²) < 4.78 is 6.77. The van der Waals surface area contributed by atoms with Gasteiger partial charge in [0.2, 0.25) is 0 Å². The number of fused-ring (bicyclic) bond motifs is 3. The van der Waals surface area contributed by atoms with Crippen molar-refractivity contribution in [3.8, 4) is 5.75 Å². The van der Waals surface area contributed by atoms with Gasteiger partial charge >= 0.3 is 18.0 Å². The van der Waals surface area contributed by atoms with Crippen LogP contribution in [0.5, 0.6) is 5.75 Å². The number of carbonyl (C=O) groups is 3. The van der Waals surface area contributed by atoms with Crippen LogP contribution in [0.15, 0.2) is 54.6 Å². The zero-order valence-electron chi connectivity index (χ0n) is 15.6. The normalized spacial score (nSPS) is 15.6. The predicted octanol–water partition coefficient (Wildman–Crippen LogP) is 3.15. The first-order valence-electron chi connectivity index (χ1n) is 8.98. The van der Waals surface area contributed by atoms with E-state index in [0.717, 1.165) is 5.06 Å². The molecule has 1 amide bonds. The van der Waals surface area contributed by atoms with Crippen LogP contribution in [0.4, 0.5) is 4.79 Å². The third kappa shape index (κ3) is 3.23. The summed E-state index contributed by atoms with van der Waals surface area (Å²) >= 11 is 0. The Hall–Kier alpha value is -3.65. The summed E-state index contributed by atoms with van der Waals surface area (Å²) in [6.45, 7) is 0. The number of hydrogen-bond acceptors (Lipinski definition) is 5. The SMILES string of the molecule is CON1C(=O)n2c(c(CC(=O)O)c3ccccc32)C1CC(=O)Oc1ccccc1. The minimum Gasteiger partial charge on any atom is -0.481 e. The number of carboxylic acid groups (broad SMARTS) is 1. The fourth-order valence-electron chi connectivity index (χ4n) is 3.77. The van der Waals surface area contributed by atoms with Gasteiger partial charge in [-0.2, -0.15) is 5.06 Å². The van der Waals surface area contributed by atoms with Gasteiger partial charge in [-0.25, -0.2) is 4.79 Å². The molecule has 1 N–H and O–H groups in total. The molecule has 1 atom stereocenters. The van der Waals surface area contributed by atoms with Crippen LogP contribution in [0.1, 0.15) is 23.7 Å². The van der Waals surface area contributed by atoms with E-state index in [0.29, 0.717) is 27.9 Å². The predicted molar refractivity (Wildman–Crippen MR) is 102 cm³/mol. The van der Waals surface area contributed by atoms with E-state index < -0.39 is 24.0 Å². The van der Waals surface area contributed by atoms with Crippen LogP contribution in [-0.4, -0.2) is 39.8 Å². The number of rotatable bonds is 6. The molecule has 1 unspecified atom stereocenters. The molecule has 1 aliphatic heterocycles. The number of benzene rings is 2. The highest BCUT2D eigenvalue weighted by atomic mass is 16.7. The smallest absolute Gasteiger partial charge is 0.353 e. The summed E-state index contributed by atoms with van der Waals surface area (Å²) in [5.74, 6) is -1.20. The Morgan fingerprint density at radius 3 is 2.45 bits per heavy atom. The monoisotopic (exact) mass is 394 g/mol. The van der Waals surface area contributed by atoms with Crippen LogP contribution in [0.3, 0.4) is 0 Å². The van der Waals surface area contributed by atoms with Crippen molar-refractivity contribution in [1.82, 2.24) is 9.63 Å². The molecule has 0 bridgehead atoms. The van der Waals surface area contributed by atoms with E-state index in [1.54, 1.807) is 54.6 Å². The van der Waals surface area contributed by atoms with Gasteiger partial charge in [0.25, 0.3) is 0 Å². The zero-order valence-corrected chi connectivity index (χ0v) is 15.6.